The molecule has 0 heterocycles. The SMILES string of the molecule is C.C.C.C.C.C.C.C.C.C.C.C.C.C.C.C.CC(=O)N(C)C.CC(=O)N(C)C.CC(=O)N(C)C.CC(=O)N(C)C.CCCC.CCCC.CCCC.CCCC.CCOC.CCOC.CN(C)C(=O)N(C)C.CN(C)C(=O)N(C)C.CN=C(C)N(C)C.CN=C(C)N(C)C.CN=C(C)N(C)C.CN=C(C)N(C)C.CN=C(C)N(C)C.CN=C(C)N(C)C.COC(=O)N(C)C.COC(=O)N(C)C. The van der Waals surface area contributed by atoms with Gasteiger partial charge in [-0.05, 0) is 55.4 Å². The van der Waals surface area contributed by atoms with Gasteiger partial charge in [0.25, 0.3) is 0 Å². The van der Waals surface area contributed by atoms with E-state index in [0.29, 0.717) is 0 Å². The van der Waals surface area contributed by atoms with Crippen LogP contribution in [0.5, 0.6) is 0 Å². The van der Waals surface area contributed by atoms with Crippen LogP contribution in [0.2, 0.25) is 0 Å². The van der Waals surface area contributed by atoms with Gasteiger partial charge in [-0.25, -0.2) is 19.2 Å². The number of aliphatic imine (C=N–C) groups is 6. The number of hydrogen-bond donors (Lipinski definition) is 0. The molecule has 0 atom stereocenters. The van der Waals surface area contributed by atoms with Crippen molar-refractivity contribution in [3.8, 4) is 0 Å². The summed E-state index contributed by atoms with van der Waals surface area (Å²) in [6.45, 7) is 40.9. The van der Waals surface area contributed by atoms with Gasteiger partial charge in [-0.2, -0.15) is 0 Å². The Morgan fingerprint density at radius 2 is 0.257 bits per heavy atom. The van der Waals surface area contributed by atoms with E-state index < -0.39 is 0 Å². The van der Waals surface area contributed by atoms with Crippen LogP contribution in [0.3, 0.4) is 0 Å². The van der Waals surface area contributed by atoms with Crippen LogP contribution in [0, 0.1) is 0 Å². The number of hydrogen-bond acceptors (Lipinski definition) is 18. The molecule has 34 nitrogen and oxygen atoms in total. The van der Waals surface area contributed by atoms with Gasteiger partial charge in [-0.15, -0.1) is 0 Å². The first-order valence-electron chi connectivity index (χ1n) is 40.2. The molecule has 34 heteroatoms. The number of methoxy groups -OCH3 is 4. The van der Waals surface area contributed by atoms with Crippen molar-refractivity contribution in [2.45, 2.75) is 309 Å². The van der Waals surface area contributed by atoms with Crippen LogP contribution in [-0.4, -0.2) is 471 Å². The summed E-state index contributed by atoms with van der Waals surface area (Å²) in [5.41, 5.74) is 0. The number of carbonyl (C=O) groups is 8. The third-order valence-corrected chi connectivity index (χ3v) is 13.5. The van der Waals surface area contributed by atoms with Crippen LogP contribution in [0.1, 0.15) is 309 Å². The zero-order chi connectivity index (χ0) is 101. The molecular formula is C102H270N22O12. The molecule has 0 saturated carbocycles. The highest BCUT2D eigenvalue weighted by Crippen LogP contribution is 1.87. The van der Waals surface area contributed by atoms with Crippen molar-refractivity contribution in [2.24, 2.45) is 30.0 Å². The lowest BCUT2D eigenvalue weighted by Gasteiger charge is -2.16. The van der Waals surface area contributed by atoms with E-state index in [1.165, 1.54) is 142 Å². The van der Waals surface area contributed by atoms with E-state index in [-0.39, 0.29) is 167 Å². The zero-order valence-electron chi connectivity index (χ0n) is 90.8. The lowest BCUT2D eigenvalue weighted by molar-refractivity contribution is -0.127. The molecule has 0 bridgehead atoms. The number of urea groups is 2. The summed E-state index contributed by atoms with van der Waals surface area (Å²) in [5.74, 6) is 6.70. The maximum absolute atomic E-state index is 10.7. The maximum atomic E-state index is 10.7. The first kappa shape index (κ1) is 244. The summed E-state index contributed by atoms with van der Waals surface area (Å²) in [5, 5.41) is 0. The lowest BCUT2D eigenvalue weighted by atomic mass is 10.4. The smallest absolute Gasteiger partial charge is 0.408 e. The quantitative estimate of drug-likeness (QED) is 0.176. The lowest BCUT2D eigenvalue weighted by Crippen LogP contribution is -2.33. The van der Waals surface area contributed by atoms with Crippen molar-refractivity contribution in [1.29, 1.82) is 0 Å². The Bertz CT molecular complexity index is 2000. The first-order chi connectivity index (χ1) is 54.6. The summed E-state index contributed by atoms with van der Waals surface area (Å²) in [6.07, 6.45) is 9.92. The van der Waals surface area contributed by atoms with Gasteiger partial charge < -0.3 is 97.3 Å². The van der Waals surface area contributed by atoms with Crippen molar-refractivity contribution in [3.05, 3.63) is 0 Å². The fraction of sp³-hybridized carbons (Fsp3) is 0.863. The first-order valence-corrected chi connectivity index (χ1v) is 40.2. The fourth-order valence-electron chi connectivity index (χ4n) is 2.37. The van der Waals surface area contributed by atoms with Gasteiger partial charge >= 0.3 is 24.2 Å². The highest BCUT2D eigenvalue weighted by atomic mass is 16.5. The molecule has 860 valence electrons. The molecule has 0 aliphatic carbocycles. The Kier molecular flexibility index (Phi) is 347. The minimum absolute atomic E-state index is 0. The molecule has 0 aromatic rings. The second-order valence-electron chi connectivity index (χ2n) is 27.7. The van der Waals surface area contributed by atoms with Gasteiger partial charge in [0.05, 0.1) is 49.2 Å². The normalized spacial score (nSPS) is 8.13. The van der Waals surface area contributed by atoms with Gasteiger partial charge in [0.1, 0.15) is 0 Å². The number of amidine groups is 6. The van der Waals surface area contributed by atoms with Crippen LogP contribution in [-0.2, 0) is 38.1 Å². The van der Waals surface area contributed by atoms with Crippen molar-refractivity contribution < 1.29 is 57.3 Å². The number of ether oxygens (including phenoxy) is 4. The molecule has 10 amide bonds. The molecule has 0 aliphatic rings. The average Bonchev–Trinajstić information content (AvgIpc) is 0.982. The van der Waals surface area contributed by atoms with Gasteiger partial charge in [0.2, 0.25) is 23.6 Å². The molecule has 0 unspecified atom stereocenters. The van der Waals surface area contributed by atoms with E-state index in [4.69, 9.17) is 0 Å². The third kappa shape index (κ3) is 324. The molecule has 0 N–H and O–H groups in total. The summed E-state index contributed by atoms with van der Waals surface area (Å²) >= 11 is 0. The van der Waals surface area contributed by atoms with E-state index in [1.807, 2.05) is 169 Å². The van der Waals surface area contributed by atoms with Crippen molar-refractivity contribution in [1.82, 2.24) is 78.4 Å². The zero-order valence-corrected chi connectivity index (χ0v) is 90.8. The minimum Gasteiger partial charge on any atom is -0.453 e. The number of carbonyl (C=O) groups excluding carboxylic acids is 8. The predicted octanol–water partition coefficient (Wildman–Crippen LogP) is 23.8. The highest BCUT2D eigenvalue weighted by Gasteiger charge is 2.04. The number of rotatable bonds is 6. The summed E-state index contributed by atoms with van der Waals surface area (Å²) in [7, 11) is 74.6. The second-order valence-corrected chi connectivity index (χ2v) is 27.7. The molecular weight excluding hydrogens is 1730 g/mol. The Labute approximate surface area is 862 Å². The largest absolute Gasteiger partial charge is 0.453 e. The Morgan fingerprint density at radius 1 is 0.176 bits per heavy atom. The summed E-state index contributed by atoms with van der Waals surface area (Å²) in [4.78, 5) is 132. The van der Waals surface area contributed by atoms with Crippen LogP contribution in [0.15, 0.2) is 30.0 Å². The fourth-order valence-corrected chi connectivity index (χ4v) is 2.37. The van der Waals surface area contributed by atoms with Crippen molar-refractivity contribution >= 4 is 82.9 Å². The number of unbranched alkanes of at least 4 members (excludes halogenated alkanes) is 4. The second kappa shape index (κ2) is 194. The van der Waals surface area contributed by atoms with E-state index >= 15 is 0 Å². The Hall–Kier alpha value is -8.30. The maximum Gasteiger partial charge on any atom is 0.408 e. The Balaban J connectivity index is -0.0000000227. The standard InChI is InChI=1S/2C5H12N2O.6C5H12N2.2C4H9NO2.4C4H9NO.4C4H10.2C3H8O.16CH4/c2*1-6(2)5(8)7(3)4;6*1-5(6-2)7(3)4;2*1-5(2)4(6)7-3;4*1-4(6)5(2)3;6*1-3-4-2;;;;;;;;;;;;;;;;/h2*1-4H3;6*1-4H3;2*1-3H3;4*1-3H3;4*3-4H2,1-2H3;2*3H2,1-2H3;16*1H4. The molecule has 0 aromatic heterocycles. The topological polar surface area (TPSA) is 299 Å². The van der Waals surface area contributed by atoms with Crippen molar-refractivity contribution in [2.75, 3.05) is 309 Å². The van der Waals surface area contributed by atoms with E-state index in [0.717, 1.165) is 48.2 Å². The number of amides is 10. The van der Waals surface area contributed by atoms with Gasteiger partial charge in [0, 0.05) is 323 Å². The van der Waals surface area contributed by atoms with E-state index in [1.54, 1.807) is 197 Å². The molecule has 0 spiro atoms. The van der Waals surface area contributed by atoms with Gasteiger partial charge in [-0.1, -0.05) is 226 Å². The number of nitrogens with zero attached hydrogens (tertiary/aromatic N) is 22. The molecule has 0 fully saturated rings. The minimum atomic E-state index is -0.319. The van der Waals surface area contributed by atoms with Crippen molar-refractivity contribution in [3.63, 3.8) is 0 Å². The molecule has 0 rings (SSSR count). The summed E-state index contributed by atoms with van der Waals surface area (Å²) in [6, 6.07) is 0.0370. The molecule has 0 aliphatic heterocycles. The predicted molar refractivity (Wildman–Crippen MR) is 637 cm³/mol. The van der Waals surface area contributed by atoms with Crippen LogP contribution < -0.4 is 0 Å². The molecule has 0 saturated heterocycles. The van der Waals surface area contributed by atoms with Crippen LogP contribution in [0.25, 0.3) is 0 Å². The molecule has 0 aromatic carbocycles. The van der Waals surface area contributed by atoms with Crippen LogP contribution in [0.4, 0.5) is 19.2 Å². The van der Waals surface area contributed by atoms with Gasteiger partial charge in [0.15, 0.2) is 0 Å². The summed E-state index contributed by atoms with van der Waals surface area (Å²) < 4.78 is 17.7. The molecule has 0 radical (unpaired) electrons. The van der Waals surface area contributed by atoms with E-state index in [2.05, 4.69) is 104 Å². The monoisotopic (exact) mass is 2000 g/mol. The van der Waals surface area contributed by atoms with Gasteiger partial charge in [-0.3, -0.25) is 49.1 Å². The molecule has 136 heavy (non-hydrogen) atoms. The van der Waals surface area contributed by atoms with Crippen LogP contribution >= 0.6 is 0 Å². The highest BCUT2D eigenvalue weighted by molar-refractivity contribution is 5.81. The Morgan fingerprint density at radius 3 is 0.257 bits per heavy atom. The third-order valence-electron chi connectivity index (χ3n) is 13.5. The van der Waals surface area contributed by atoms with E-state index in [9.17, 15) is 38.4 Å². The average molecular weight is 2000 g/mol.